The second-order valence-corrected chi connectivity index (χ2v) is 5.10. The standard InChI is InChI=1S/C18H13ClN2O2/c19-13-7-1-3-10-16(13)23-17-11-4-2-8-14(17)21-18(22)15-9-5-6-12-20-15/h1-12H,(H,21,22). The van der Waals surface area contributed by atoms with E-state index in [4.69, 9.17) is 16.3 Å². The first-order valence-corrected chi connectivity index (χ1v) is 7.35. The van der Waals surface area contributed by atoms with Gasteiger partial charge in [0.05, 0.1) is 10.7 Å². The monoisotopic (exact) mass is 324 g/mol. The number of benzene rings is 2. The molecule has 1 N–H and O–H groups in total. The Balaban J connectivity index is 1.84. The van der Waals surface area contributed by atoms with Gasteiger partial charge in [0.15, 0.2) is 5.75 Å². The Labute approximate surface area is 138 Å². The van der Waals surface area contributed by atoms with Gasteiger partial charge in [0.25, 0.3) is 5.91 Å². The third kappa shape index (κ3) is 3.67. The molecule has 0 saturated carbocycles. The summed E-state index contributed by atoms with van der Waals surface area (Å²) in [7, 11) is 0. The maximum Gasteiger partial charge on any atom is 0.274 e. The molecule has 0 unspecified atom stereocenters. The molecule has 2 aromatic carbocycles. The second kappa shape index (κ2) is 6.94. The van der Waals surface area contributed by atoms with Crippen molar-refractivity contribution in [1.29, 1.82) is 0 Å². The molecule has 3 rings (SSSR count). The van der Waals surface area contributed by atoms with Crippen LogP contribution in [0.4, 0.5) is 5.69 Å². The topological polar surface area (TPSA) is 51.2 Å². The van der Waals surface area contributed by atoms with Crippen molar-refractivity contribution in [3.8, 4) is 11.5 Å². The molecule has 1 heterocycles. The summed E-state index contributed by atoms with van der Waals surface area (Å²) in [5.41, 5.74) is 0.878. The quantitative estimate of drug-likeness (QED) is 0.751. The Kier molecular flexibility index (Phi) is 4.54. The summed E-state index contributed by atoms with van der Waals surface area (Å²) in [5.74, 6) is 0.722. The molecule has 0 aliphatic carbocycles. The van der Waals surface area contributed by atoms with E-state index < -0.39 is 0 Å². The lowest BCUT2D eigenvalue weighted by atomic mass is 10.2. The number of nitrogens with zero attached hydrogens (tertiary/aromatic N) is 1. The second-order valence-electron chi connectivity index (χ2n) is 4.70. The van der Waals surface area contributed by atoms with E-state index in [1.807, 2.05) is 24.3 Å². The predicted octanol–water partition coefficient (Wildman–Crippen LogP) is 4.78. The highest BCUT2D eigenvalue weighted by atomic mass is 35.5. The van der Waals surface area contributed by atoms with Gasteiger partial charge in [0.2, 0.25) is 0 Å². The summed E-state index contributed by atoms with van der Waals surface area (Å²) in [6.45, 7) is 0. The molecule has 1 aromatic heterocycles. The summed E-state index contributed by atoms with van der Waals surface area (Å²) in [6.07, 6.45) is 1.57. The number of hydrogen-bond donors (Lipinski definition) is 1. The van der Waals surface area contributed by atoms with Gasteiger partial charge in [-0.05, 0) is 36.4 Å². The van der Waals surface area contributed by atoms with Gasteiger partial charge in [-0.2, -0.15) is 0 Å². The van der Waals surface area contributed by atoms with Gasteiger partial charge in [0, 0.05) is 6.20 Å². The summed E-state index contributed by atoms with van der Waals surface area (Å²) >= 11 is 6.11. The molecule has 0 aliphatic heterocycles. The molecular formula is C18H13ClN2O2. The van der Waals surface area contributed by atoms with Crippen molar-refractivity contribution in [2.45, 2.75) is 0 Å². The summed E-state index contributed by atoms with van der Waals surface area (Å²) < 4.78 is 5.81. The van der Waals surface area contributed by atoms with Crippen LogP contribution in [0.1, 0.15) is 10.5 Å². The molecule has 0 saturated heterocycles. The SMILES string of the molecule is O=C(Nc1ccccc1Oc1ccccc1Cl)c1ccccn1. The van der Waals surface area contributed by atoms with Crippen molar-refractivity contribution < 1.29 is 9.53 Å². The van der Waals surface area contributed by atoms with Crippen LogP contribution >= 0.6 is 11.6 Å². The van der Waals surface area contributed by atoms with Crippen LogP contribution in [0.5, 0.6) is 11.5 Å². The van der Waals surface area contributed by atoms with Gasteiger partial charge in [-0.1, -0.05) is 41.9 Å². The van der Waals surface area contributed by atoms with E-state index in [2.05, 4.69) is 10.3 Å². The van der Waals surface area contributed by atoms with Crippen molar-refractivity contribution in [1.82, 2.24) is 4.98 Å². The number of pyridine rings is 1. The van der Waals surface area contributed by atoms with Crippen molar-refractivity contribution in [3.63, 3.8) is 0 Å². The minimum absolute atomic E-state index is 0.305. The van der Waals surface area contributed by atoms with Gasteiger partial charge in [0.1, 0.15) is 11.4 Å². The van der Waals surface area contributed by atoms with E-state index in [-0.39, 0.29) is 5.91 Å². The summed E-state index contributed by atoms with van der Waals surface area (Å²) in [4.78, 5) is 16.3. The maximum atomic E-state index is 12.2. The first-order valence-electron chi connectivity index (χ1n) is 6.98. The molecular weight excluding hydrogens is 312 g/mol. The number of aromatic nitrogens is 1. The Hall–Kier alpha value is -2.85. The zero-order valence-corrected chi connectivity index (χ0v) is 12.8. The number of ether oxygens (including phenoxy) is 1. The Bertz CT molecular complexity index is 822. The number of anilines is 1. The molecule has 3 aromatic rings. The minimum atomic E-state index is -0.305. The summed E-state index contributed by atoms with van der Waals surface area (Å²) in [6, 6.07) is 19.5. The number of halogens is 1. The number of rotatable bonds is 4. The molecule has 5 heteroatoms. The average molecular weight is 325 g/mol. The fourth-order valence-electron chi connectivity index (χ4n) is 1.99. The summed E-state index contributed by atoms with van der Waals surface area (Å²) in [5, 5.41) is 3.30. The van der Waals surface area contributed by atoms with Crippen LogP contribution in [0.25, 0.3) is 0 Å². The average Bonchev–Trinajstić information content (AvgIpc) is 2.59. The van der Waals surface area contributed by atoms with Crippen LogP contribution in [0.15, 0.2) is 72.9 Å². The zero-order valence-electron chi connectivity index (χ0n) is 12.1. The lowest BCUT2D eigenvalue weighted by Crippen LogP contribution is -2.13. The van der Waals surface area contributed by atoms with E-state index >= 15 is 0 Å². The molecule has 0 spiro atoms. The highest BCUT2D eigenvalue weighted by Gasteiger charge is 2.11. The van der Waals surface area contributed by atoms with Gasteiger partial charge < -0.3 is 10.1 Å². The first-order chi connectivity index (χ1) is 11.2. The third-order valence-corrected chi connectivity index (χ3v) is 3.40. The van der Waals surface area contributed by atoms with Crippen LogP contribution in [-0.4, -0.2) is 10.9 Å². The van der Waals surface area contributed by atoms with Crippen LogP contribution in [0.3, 0.4) is 0 Å². The molecule has 0 fully saturated rings. The number of carbonyl (C=O) groups excluding carboxylic acids is 1. The minimum Gasteiger partial charge on any atom is -0.454 e. The number of para-hydroxylation sites is 3. The van der Waals surface area contributed by atoms with Gasteiger partial charge >= 0.3 is 0 Å². The largest absolute Gasteiger partial charge is 0.454 e. The van der Waals surface area contributed by atoms with E-state index in [9.17, 15) is 4.79 Å². The molecule has 0 radical (unpaired) electrons. The van der Waals surface area contributed by atoms with E-state index in [1.54, 1.807) is 48.7 Å². The molecule has 4 nitrogen and oxygen atoms in total. The van der Waals surface area contributed by atoms with Gasteiger partial charge in [-0.15, -0.1) is 0 Å². The first kappa shape index (κ1) is 15.1. The van der Waals surface area contributed by atoms with Crippen molar-refractivity contribution in [2.24, 2.45) is 0 Å². The van der Waals surface area contributed by atoms with Crippen LogP contribution in [-0.2, 0) is 0 Å². The predicted molar refractivity (Wildman–Crippen MR) is 90.2 cm³/mol. The molecule has 0 aliphatic rings. The molecule has 0 atom stereocenters. The fraction of sp³-hybridized carbons (Fsp3) is 0. The highest BCUT2D eigenvalue weighted by molar-refractivity contribution is 6.32. The van der Waals surface area contributed by atoms with E-state index in [0.29, 0.717) is 27.9 Å². The number of carbonyl (C=O) groups is 1. The molecule has 114 valence electrons. The Morgan fingerprint density at radius 3 is 2.35 bits per heavy atom. The number of nitrogens with one attached hydrogen (secondary N) is 1. The lowest BCUT2D eigenvalue weighted by Gasteiger charge is -2.12. The third-order valence-electron chi connectivity index (χ3n) is 3.09. The molecule has 0 bridgehead atoms. The van der Waals surface area contributed by atoms with Crippen LogP contribution in [0.2, 0.25) is 5.02 Å². The zero-order chi connectivity index (χ0) is 16.1. The van der Waals surface area contributed by atoms with Crippen molar-refractivity contribution >= 4 is 23.2 Å². The Morgan fingerprint density at radius 2 is 1.61 bits per heavy atom. The van der Waals surface area contributed by atoms with Crippen molar-refractivity contribution in [3.05, 3.63) is 83.6 Å². The van der Waals surface area contributed by atoms with E-state index in [0.717, 1.165) is 0 Å². The smallest absolute Gasteiger partial charge is 0.274 e. The fourth-order valence-corrected chi connectivity index (χ4v) is 2.16. The van der Waals surface area contributed by atoms with Crippen LogP contribution < -0.4 is 10.1 Å². The lowest BCUT2D eigenvalue weighted by molar-refractivity contribution is 0.102. The number of hydrogen-bond acceptors (Lipinski definition) is 3. The molecule has 23 heavy (non-hydrogen) atoms. The normalized spacial score (nSPS) is 10.1. The van der Waals surface area contributed by atoms with Gasteiger partial charge in [-0.3, -0.25) is 9.78 Å². The Morgan fingerprint density at radius 1 is 0.913 bits per heavy atom. The van der Waals surface area contributed by atoms with Gasteiger partial charge in [-0.25, -0.2) is 0 Å². The number of amides is 1. The van der Waals surface area contributed by atoms with Crippen molar-refractivity contribution in [2.75, 3.05) is 5.32 Å². The highest BCUT2D eigenvalue weighted by Crippen LogP contribution is 2.33. The van der Waals surface area contributed by atoms with Crippen LogP contribution in [0, 0.1) is 0 Å². The van der Waals surface area contributed by atoms with E-state index in [1.165, 1.54) is 0 Å². The maximum absolute atomic E-state index is 12.2. The molecule has 1 amide bonds.